The largest absolute Gasteiger partial charge is 0.496 e. The smallest absolute Gasteiger partial charge is 0.126 e. The minimum atomic E-state index is 0.0400. The molecule has 0 saturated carbocycles. The van der Waals surface area contributed by atoms with E-state index in [9.17, 15) is 0 Å². The monoisotopic (exact) mass is 267 g/mol. The number of nitrogens with two attached hydrogens (primary N) is 1. The molecule has 0 aliphatic carbocycles. The first-order valence-corrected chi connectivity index (χ1v) is 7.57. The molecule has 1 aromatic rings. The van der Waals surface area contributed by atoms with E-state index >= 15 is 0 Å². The van der Waals surface area contributed by atoms with Gasteiger partial charge in [0.05, 0.1) is 7.11 Å². The first-order valence-electron chi connectivity index (χ1n) is 6.52. The number of methoxy groups -OCH3 is 1. The number of ether oxygens (including phenoxy) is 1. The van der Waals surface area contributed by atoms with E-state index in [1.165, 1.54) is 17.5 Å². The lowest BCUT2D eigenvalue weighted by Gasteiger charge is -2.19. The van der Waals surface area contributed by atoms with Gasteiger partial charge in [-0.3, -0.25) is 0 Å². The number of hydrogen-bond donors (Lipinski definition) is 1. The van der Waals surface area contributed by atoms with Crippen molar-refractivity contribution in [2.45, 2.75) is 45.4 Å². The van der Waals surface area contributed by atoms with Crippen molar-refractivity contribution in [1.82, 2.24) is 0 Å². The Bertz CT molecular complexity index is 392. The van der Waals surface area contributed by atoms with Gasteiger partial charge in [0.1, 0.15) is 5.75 Å². The normalized spacial score (nSPS) is 14.3. The van der Waals surface area contributed by atoms with Crippen molar-refractivity contribution in [3.63, 3.8) is 0 Å². The Balaban J connectivity index is 2.85. The molecule has 0 aliphatic heterocycles. The molecule has 18 heavy (non-hydrogen) atoms. The van der Waals surface area contributed by atoms with Crippen LogP contribution in [0.3, 0.4) is 0 Å². The molecule has 102 valence electrons. The molecule has 0 saturated heterocycles. The van der Waals surface area contributed by atoms with E-state index < -0.39 is 0 Å². The molecule has 3 heteroatoms. The van der Waals surface area contributed by atoms with Crippen LogP contribution in [0.5, 0.6) is 5.75 Å². The molecule has 0 amide bonds. The Morgan fingerprint density at radius 2 is 2.00 bits per heavy atom. The molecule has 0 aliphatic rings. The minimum absolute atomic E-state index is 0.0400. The van der Waals surface area contributed by atoms with Crippen molar-refractivity contribution in [3.05, 3.63) is 28.8 Å². The van der Waals surface area contributed by atoms with Crippen LogP contribution in [-0.2, 0) is 0 Å². The highest BCUT2D eigenvalue weighted by Gasteiger charge is 2.15. The van der Waals surface area contributed by atoms with Crippen molar-refractivity contribution in [3.8, 4) is 5.75 Å². The van der Waals surface area contributed by atoms with E-state index in [2.05, 4.69) is 39.8 Å². The second kappa shape index (κ2) is 7.05. The van der Waals surface area contributed by atoms with Crippen molar-refractivity contribution in [2.75, 3.05) is 12.9 Å². The van der Waals surface area contributed by atoms with Crippen LogP contribution in [0.25, 0.3) is 0 Å². The quantitative estimate of drug-likeness (QED) is 0.850. The van der Waals surface area contributed by atoms with Gasteiger partial charge in [-0.25, -0.2) is 0 Å². The van der Waals surface area contributed by atoms with Crippen LogP contribution in [0.15, 0.2) is 12.1 Å². The second-order valence-electron chi connectivity index (χ2n) is 4.79. The van der Waals surface area contributed by atoms with E-state index in [0.29, 0.717) is 5.25 Å². The zero-order valence-corrected chi connectivity index (χ0v) is 12.9. The van der Waals surface area contributed by atoms with Crippen molar-refractivity contribution in [2.24, 2.45) is 5.73 Å². The van der Waals surface area contributed by atoms with E-state index in [-0.39, 0.29) is 6.04 Å². The fourth-order valence-electron chi connectivity index (χ4n) is 1.85. The highest BCUT2D eigenvalue weighted by atomic mass is 32.2. The molecular formula is C15H25NOS. The van der Waals surface area contributed by atoms with Crippen LogP contribution in [0.1, 0.15) is 43.0 Å². The fourth-order valence-corrected chi connectivity index (χ4v) is 2.80. The van der Waals surface area contributed by atoms with E-state index in [1.807, 2.05) is 11.8 Å². The lowest BCUT2D eigenvalue weighted by molar-refractivity contribution is 0.403. The summed E-state index contributed by atoms with van der Waals surface area (Å²) in [4.78, 5) is 0. The number of hydrogen-bond acceptors (Lipinski definition) is 3. The molecule has 0 aromatic heterocycles. The third kappa shape index (κ3) is 3.66. The highest BCUT2D eigenvalue weighted by molar-refractivity contribution is 7.99. The number of thioether (sulfide) groups is 1. The summed E-state index contributed by atoms with van der Waals surface area (Å²) in [5.74, 6) is 1.89. The second-order valence-corrected chi connectivity index (χ2v) is 6.26. The Morgan fingerprint density at radius 3 is 2.56 bits per heavy atom. The summed E-state index contributed by atoms with van der Waals surface area (Å²) in [7, 11) is 1.72. The van der Waals surface area contributed by atoms with E-state index in [4.69, 9.17) is 10.5 Å². The first kappa shape index (κ1) is 15.4. The van der Waals surface area contributed by atoms with Gasteiger partial charge in [-0.05, 0) is 31.4 Å². The van der Waals surface area contributed by atoms with Gasteiger partial charge in [-0.1, -0.05) is 26.0 Å². The molecule has 2 unspecified atom stereocenters. The predicted molar refractivity (Wildman–Crippen MR) is 81.6 cm³/mol. The Labute approximate surface area is 115 Å². The fraction of sp³-hybridized carbons (Fsp3) is 0.600. The Hall–Kier alpha value is -0.670. The van der Waals surface area contributed by atoms with Crippen LogP contribution >= 0.6 is 11.8 Å². The summed E-state index contributed by atoms with van der Waals surface area (Å²) in [6, 6.07) is 4.27. The third-order valence-corrected chi connectivity index (χ3v) is 4.90. The molecule has 0 heterocycles. The van der Waals surface area contributed by atoms with Gasteiger partial charge in [0, 0.05) is 22.6 Å². The summed E-state index contributed by atoms with van der Waals surface area (Å²) in [5, 5.41) is 0.661. The van der Waals surface area contributed by atoms with Crippen LogP contribution in [0.2, 0.25) is 0 Å². The Morgan fingerprint density at radius 1 is 1.33 bits per heavy atom. The lowest BCUT2D eigenvalue weighted by atomic mass is 10.0. The molecule has 2 atom stereocenters. The van der Waals surface area contributed by atoms with Crippen LogP contribution < -0.4 is 10.5 Å². The van der Waals surface area contributed by atoms with Gasteiger partial charge in [0.25, 0.3) is 0 Å². The van der Waals surface area contributed by atoms with Gasteiger partial charge < -0.3 is 10.5 Å². The molecule has 1 rings (SSSR count). The molecule has 0 radical (unpaired) electrons. The average Bonchev–Trinajstić information content (AvgIpc) is 2.38. The SMILES string of the molecule is CCC(C)SCC(N)c1ccc(C)c(C)c1OC. The van der Waals surface area contributed by atoms with E-state index in [1.54, 1.807) is 7.11 Å². The summed E-state index contributed by atoms with van der Waals surface area (Å²) in [6.45, 7) is 8.64. The zero-order chi connectivity index (χ0) is 13.7. The topological polar surface area (TPSA) is 35.2 Å². The zero-order valence-electron chi connectivity index (χ0n) is 12.1. The summed E-state index contributed by atoms with van der Waals surface area (Å²) < 4.78 is 5.52. The maximum Gasteiger partial charge on any atom is 0.126 e. The maximum absolute atomic E-state index is 6.29. The lowest BCUT2D eigenvalue weighted by Crippen LogP contribution is -2.16. The van der Waals surface area contributed by atoms with Crippen molar-refractivity contribution < 1.29 is 4.74 Å². The first-order chi connectivity index (χ1) is 8.51. The third-order valence-electron chi connectivity index (χ3n) is 3.45. The van der Waals surface area contributed by atoms with Crippen molar-refractivity contribution in [1.29, 1.82) is 0 Å². The average molecular weight is 267 g/mol. The van der Waals surface area contributed by atoms with Gasteiger partial charge in [-0.2, -0.15) is 11.8 Å². The summed E-state index contributed by atoms with van der Waals surface area (Å²) >= 11 is 1.93. The summed E-state index contributed by atoms with van der Waals surface area (Å²) in [6.07, 6.45) is 1.18. The molecule has 2 nitrogen and oxygen atoms in total. The van der Waals surface area contributed by atoms with Gasteiger partial charge in [-0.15, -0.1) is 0 Å². The molecule has 0 spiro atoms. The predicted octanol–water partition coefficient (Wildman–Crippen LogP) is 3.84. The van der Waals surface area contributed by atoms with Crippen molar-refractivity contribution >= 4 is 11.8 Å². The summed E-state index contributed by atoms with van der Waals surface area (Å²) in [5.41, 5.74) is 9.86. The molecule has 2 N–H and O–H groups in total. The van der Waals surface area contributed by atoms with Gasteiger partial charge in [0.2, 0.25) is 0 Å². The van der Waals surface area contributed by atoms with Gasteiger partial charge in [0.15, 0.2) is 0 Å². The number of aryl methyl sites for hydroxylation is 1. The van der Waals surface area contributed by atoms with Crippen LogP contribution in [-0.4, -0.2) is 18.1 Å². The van der Waals surface area contributed by atoms with Crippen LogP contribution in [0, 0.1) is 13.8 Å². The molecule has 0 bridgehead atoms. The van der Waals surface area contributed by atoms with Crippen LogP contribution in [0.4, 0.5) is 0 Å². The molecule has 0 fully saturated rings. The number of rotatable bonds is 6. The highest BCUT2D eigenvalue weighted by Crippen LogP contribution is 2.32. The maximum atomic E-state index is 6.29. The minimum Gasteiger partial charge on any atom is -0.496 e. The van der Waals surface area contributed by atoms with E-state index in [0.717, 1.165) is 17.1 Å². The van der Waals surface area contributed by atoms with Gasteiger partial charge >= 0.3 is 0 Å². The molecule has 1 aromatic carbocycles. The molecular weight excluding hydrogens is 242 g/mol. The number of benzene rings is 1. The Kier molecular flexibility index (Phi) is 6.03. The standard InChI is InChI=1S/C15H25NOS/c1-6-11(3)18-9-14(16)13-8-7-10(2)12(4)15(13)17-5/h7-8,11,14H,6,9,16H2,1-5H3.